The lowest BCUT2D eigenvalue weighted by Gasteiger charge is -2.18. The van der Waals surface area contributed by atoms with Crippen LogP contribution >= 0.6 is 0 Å². The third kappa shape index (κ3) is 1.52. The van der Waals surface area contributed by atoms with Crippen LogP contribution in [0.15, 0.2) is 18.2 Å². The summed E-state index contributed by atoms with van der Waals surface area (Å²) in [7, 11) is 0. The molecule has 0 fully saturated rings. The number of phenolic OH excluding ortho intramolecular Hbond substituents is 1. The molecule has 1 aromatic rings. The third-order valence-electron chi connectivity index (χ3n) is 2.46. The lowest BCUT2D eigenvalue weighted by Crippen LogP contribution is -2.35. The second-order valence-corrected chi connectivity index (χ2v) is 3.70. The van der Waals surface area contributed by atoms with E-state index in [1.165, 1.54) is 12.1 Å². The molecule has 1 aliphatic heterocycles. The summed E-state index contributed by atoms with van der Waals surface area (Å²) in [4.78, 5) is 0. The molecule has 1 heterocycles. The molecule has 1 aromatic carbocycles. The zero-order valence-electron chi connectivity index (χ0n) is 7.72. The smallest absolute Gasteiger partial charge is 0.265 e. The van der Waals surface area contributed by atoms with Crippen LogP contribution in [0.2, 0.25) is 0 Å². The average molecular weight is 199 g/mol. The largest absolute Gasteiger partial charge is 0.508 e. The fraction of sp³-hybridized carbons (Fsp3) is 0.400. The predicted octanol–water partition coefficient (Wildman–Crippen LogP) is 2.38. The van der Waals surface area contributed by atoms with Crippen LogP contribution in [0, 0.1) is 0 Å². The summed E-state index contributed by atoms with van der Waals surface area (Å²) in [6.07, 6.45) is 0.305. The van der Waals surface area contributed by atoms with E-state index in [1.54, 1.807) is 6.07 Å². The predicted molar refractivity (Wildman–Crippen MR) is 49.8 cm³/mol. The van der Waals surface area contributed by atoms with Crippen LogP contribution < -0.4 is 5.32 Å². The first-order valence-corrected chi connectivity index (χ1v) is 4.43. The summed E-state index contributed by atoms with van der Waals surface area (Å²) in [6, 6.07) is 3.79. The van der Waals surface area contributed by atoms with Gasteiger partial charge in [0.25, 0.3) is 5.92 Å². The summed E-state index contributed by atoms with van der Waals surface area (Å²) in [5, 5.41) is 11.9. The molecule has 4 heteroatoms. The Balaban J connectivity index is 2.26. The van der Waals surface area contributed by atoms with Gasteiger partial charge in [-0.1, -0.05) is 6.07 Å². The van der Waals surface area contributed by atoms with Gasteiger partial charge in [0.15, 0.2) is 0 Å². The van der Waals surface area contributed by atoms with Crippen molar-refractivity contribution in [3.8, 4) is 5.75 Å². The summed E-state index contributed by atoms with van der Waals surface area (Å²) < 4.78 is 25.9. The van der Waals surface area contributed by atoms with E-state index in [2.05, 4.69) is 5.32 Å². The number of benzene rings is 1. The molecular formula is C10H11F2NO. The Bertz CT molecular complexity index is 360. The highest BCUT2D eigenvalue weighted by molar-refractivity contribution is 5.60. The van der Waals surface area contributed by atoms with Crippen LogP contribution in [0.25, 0.3) is 0 Å². The van der Waals surface area contributed by atoms with Gasteiger partial charge < -0.3 is 10.4 Å². The van der Waals surface area contributed by atoms with Gasteiger partial charge in [-0.15, -0.1) is 0 Å². The van der Waals surface area contributed by atoms with E-state index in [4.69, 9.17) is 5.11 Å². The molecule has 0 spiro atoms. The van der Waals surface area contributed by atoms with Crippen molar-refractivity contribution in [3.63, 3.8) is 0 Å². The number of hydrogen-bond donors (Lipinski definition) is 2. The second kappa shape index (κ2) is 2.83. The third-order valence-corrected chi connectivity index (χ3v) is 2.46. The minimum Gasteiger partial charge on any atom is -0.508 e. The molecule has 0 aliphatic carbocycles. The molecule has 2 rings (SSSR count). The van der Waals surface area contributed by atoms with E-state index in [1.807, 2.05) is 0 Å². The first-order chi connectivity index (χ1) is 6.47. The number of aromatic hydroxyl groups is 1. The van der Waals surface area contributed by atoms with Gasteiger partial charge in [0.05, 0.1) is 6.04 Å². The molecule has 1 atom stereocenters. The molecule has 0 saturated carbocycles. The number of rotatable bonds is 1. The molecule has 2 nitrogen and oxygen atoms in total. The van der Waals surface area contributed by atoms with Crippen molar-refractivity contribution >= 4 is 5.69 Å². The fourth-order valence-corrected chi connectivity index (χ4v) is 1.64. The Morgan fingerprint density at radius 2 is 2.21 bits per heavy atom. The lowest BCUT2D eigenvalue weighted by atomic mass is 10.1. The Kier molecular flexibility index (Phi) is 1.87. The standard InChI is InChI=1S/C10H11F2NO/c1-10(11,12)9-4-6-2-3-7(14)5-8(6)13-9/h2-3,5,9,13-14H,4H2,1H3. The molecular weight excluding hydrogens is 188 g/mol. The molecule has 0 radical (unpaired) electrons. The number of alkyl halides is 2. The van der Waals surface area contributed by atoms with Gasteiger partial charge in [-0.05, 0) is 11.6 Å². The van der Waals surface area contributed by atoms with E-state index in [0.29, 0.717) is 12.1 Å². The Hall–Kier alpha value is -1.32. The average Bonchev–Trinajstić information content (AvgIpc) is 2.45. The van der Waals surface area contributed by atoms with Crippen molar-refractivity contribution in [2.75, 3.05) is 5.32 Å². The first kappa shape index (κ1) is 9.24. The van der Waals surface area contributed by atoms with Crippen LogP contribution in [0.5, 0.6) is 5.75 Å². The quantitative estimate of drug-likeness (QED) is 0.727. The maximum Gasteiger partial charge on any atom is 0.265 e. The van der Waals surface area contributed by atoms with Crippen molar-refractivity contribution in [2.45, 2.75) is 25.3 Å². The first-order valence-electron chi connectivity index (χ1n) is 4.43. The van der Waals surface area contributed by atoms with Gasteiger partial charge in [0.2, 0.25) is 0 Å². The summed E-state index contributed by atoms with van der Waals surface area (Å²) in [5.41, 5.74) is 1.44. The van der Waals surface area contributed by atoms with E-state index < -0.39 is 12.0 Å². The molecule has 0 bridgehead atoms. The Morgan fingerprint density at radius 3 is 2.86 bits per heavy atom. The molecule has 76 valence electrons. The van der Waals surface area contributed by atoms with Crippen molar-refractivity contribution in [2.24, 2.45) is 0 Å². The number of halogens is 2. The van der Waals surface area contributed by atoms with Crippen LogP contribution in [0.1, 0.15) is 12.5 Å². The summed E-state index contributed by atoms with van der Waals surface area (Å²) in [5.74, 6) is -2.65. The maximum atomic E-state index is 13.0. The number of phenols is 1. The monoisotopic (exact) mass is 199 g/mol. The number of fused-ring (bicyclic) bond motifs is 1. The zero-order chi connectivity index (χ0) is 10.3. The second-order valence-electron chi connectivity index (χ2n) is 3.70. The highest BCUT2D eigenvalue weighted by Gasteiger charge is 2.38. The summed E-state index contributed by atoms with van der Waals surface area (Å²) in [6.45, 7) is 0.899. The Labute approximate surface area is 80.6 Å². The van der Waals surface area contributed by atoms with Crippen LogP contribution in [0.3, 0.4) is 0 Å². The molecule has 0 amide bonds. The highest BCUT2D eigenvalue weighted by Crippen LogP contribution is 2.34. The molecule has 1 aliphatic rings. The number of anilines is 1. The van der Waals surface area contributed by atoms with Crippen LogP contribution in [0.4, 0.5) is 14.5 Å². The molecule has 0 aromatic heterocycles. The number of hydrogen-bond acceptors (Lipinski definition) is 2. The SMILES string of the molecule is CC(F)(F)C1Cc2ccc(O)cc2N1. The maximum absolute atomic E-state index is 13.0. The molecule has 14 heavy (non-hydrogen) atoms. The van der Waals surface area contributed by atoms with Gasteiger partial charge in [0, 0.05) is 25.1 Å². The minimum atomic E-state index is -2.74. The topological polar surface area (TPSA) is 32.3 Å². The molecule has 2 N–H and O–H groups in total. The van der Waals surface area contributed by atoms with Crippen LogP contribution in [-0.2, 0) is 6.42 Å². The van der Waals surface area contributed by atoms with Crippen molar-refractivity contribution in [1.82, 2.24) is 0 Å². The zero-order valence-corrected chi connectivity index (χ0v) is 7.72. The van der Waals surface area contributed by atoms with E-state index in [9.17, 15) is 8.78 Å². The van der Waals surface area contributed by atoms with E-state index in [0.717, 1.165) is 12.5 Å². The fourth-order valence-electron chi connectivity index (χ4n) is 1.64. The Morgan fingerprint density at radius 1 is 1.50 bits per heavy atom. The number of nitrogens with one attached hydrogen (secondary N) is 1. The van der Waals surface area contributed by atoms with Gasteiger partial charge in [-0.25, -0.2) is 8.78 Å². The van der Waals surface area contributed by atoms with E-state index in [-0.39, 0.29) is 5.75 Å². The molecule has 1 unspecified atom stereocenters. The van der Waals surface area contributed by atoms with Crippen LogP contribution in [-0.4, -0.2) is 17.1 Å². The van der Waals surface area contributed by atoms with Gasteiger partial charge in [-0.2, -0.15) is 0 Å². The normalized spacial score (nSPS) is 20.4. The lowest BCUT2D eigenvalue weighted by molar-refractivity contribution is 0.00371. The molecule has 0 saturated heterocycles. The van der Waals surface area contributed by atoms with Crippen molar-refractivity contribution in [1.29, 1.82) is 0 Å². The van der Waals surface area contributed by atoms with Crippen molar-refractivity contribution < 1.29 is 13.9 Å². The highest BCUT2D eigenvalue weighted by atomic mass is 19.3. The van der Waals surface area contributed by atoms with Gasteiger partial charge >= 0.3 is 0 Å². The van der Waals surface area contributed by atoms with Gasteiger partial charge in [-0.3, -0.25) is 0 Å². The van der Waals surface area contributed by atoms with E-state index >= 15 is 0 Å². The minimum absolute atomic E-state index is 0.0938. The van der Waals surface area contributed by atoms with Gasteiger partial charge in [0.1, 0.15) is 5.75 Å². The van der Waals surface area contributed by atoms with Crippen molar-refractivity contribution in [3.05, 3.63) is 23.8 Å². The summed E-state index contributed by atoms with van der Waals surface area (Å²) >= 11 is 0.